The molecule has 0 aliphatic heterocycles. The normalized spacial score (nSPS) is 10.3. The second-order valence-corrected chi connectivity index (χ2v) is 5.73. The van der Waals surface area contributed by atoms with Crippen LogP contribution < -0.4 is 14.8 Å². The van der Waals surface area contributed by atoms with E-state index in [-0.39, 0.29) is 5.91 Å². The van der Waals surface area contributed by atoms with Crippen LogP contribution in [0.4, 0.5) is 0 Å². The highest BCUT2D eigenvalue weighted by molar-refractivity contribution is 9.10. The number of nitrogens with zero attached hydrogens (tertiary/aromatic N) is 1. The van der Waals surface area contributed by atoms with Gasteiger partial charge in [0.05, 0.1) is 18.2 Å². The molecular formula is C15H23BrN2O3. The van der Waals surface area contributed by atoms with Crippen molar-refractivity contribution in [2.24, 2.45) is 0 Å². The van der Waals surface area contributed by atoms with Crippen molar-refractivity contribution >= 4 is 21.8 Å². The molecule has 0 aliphatic rings. The predicted octanol–water partition coefficient (Wildman–Crippen LogP) is 2.42. The van der Waals surface area contributed by atoms with Gasteiger partial charge in [-0.15, -0.1) is 0 Å². The van der Waals surface area contributed by atoms with E-state index in [2.05, 4.69) is 21.2 Å². The molecule has 0 radical (unpaired) electrons. The Morgan fingerprint density at radius 3 is 2.67 bits per heavy atom. The van der Waals surface area contributed by atoms with E-state index >= 15 is 0 Å². The number of nitrogens with one attached hydrogen (secondary N) is 1. The minimum Gasteiger partial charge on any atom is -0.493 e. The van der Waals surface area contributed by atoms with E-state index in [4.69, 9.17) is 9.47 Å². The predicted molar refractivity (Wildman–Crippen MR) is 86.9 cm³/mol. The molecule has 1 amide bonds. The Labute approximate surface area is 134 Å². The lowest BCUT2D eigenvalue weighted by Crippen LogP contribution is -2.21. The SMILES string of the molecule is CNCc1cc(Br)c(OCCCC(=O)N(C)C)c(OC)c1. The Balaban J connectivity index is 2.64. The van der Waals surface area contributed by atoms with Gasteiger partial charge in [-0.05, 0) is 47.1 Å². The van der Waals surface area contributed by atoms with E-state index in [1.807, 2.05) is 19.2 Å². The standard InChI is InChI=1S/C15H23BrN2O3/c1-17-10-11-8-12(16)15(13(9-11)20-4)21-7-5-6-14(19)18(2)3/h8-9,17H,5-7,10H2,1-4H3. The van der Waals surface area contributed by atoms with Gasteiger partial charge in [0.2, 0.25) is 5.91 Å². The lowest BCUT2D eigenvalue weighted by Gasteiger charge is -2.15. The van der Waals surface area contributed by atoms with Crippen LogP contribution in [-0.2, 0) is 11.3 Å². The van der Waals surface area contributed by atoms with Gasteiger partial charge in [0.1, 0.15) is 0 Å². The quantitative estimate of drug-likeness (QED) is 0.725. The maximum atomic E-state index is 11.5. The van der Waals surface area contributed by atoms with Crippen LogP contribution in [0.2, 0.25) is 0 Å². The molecule has 0 bridgehead atoms. The number of hydrogen-bond donors (Lipinski definition) is 1. The summed E-state index contributed by atoms with van der Waals surface area (Å²) in [6, 6.07) is 3.95. The zero-order valence-electron chi connectivity index (χ0n) is 13.0. The molecule has 0 atom stereocenters. The molecule has 21 heavy (non-hydrogen) atoms. The molecule has 0 fully saturated rings. The summed E-state index contributed by atoms with van der Waals surface area (Å²) in [7, 11) is 7.02. The van der Waals surface area contributed by atoms with E-state index in [0.717, 1.165) is 16.6 Å². The number of halogens is 1. The third-order valence-electron chi connectivity index (χ3n) is 2.95. The Morgan fingerprint density at radius 1 is 1.38 bits per heavy atom. The van der Waals surface area contributed by atoms with Gasteiger partial charge in [-0.2, -0.15) is 0 Å². The first-order chi connectivity index (χ1) is 9.99. The fraction of sp³-hybridized carbons (Fsp3) is 0.533. The van der Waals surface area contributed by atoms with Crippen LogP contribution in [0, 0.1) is 0 Å². The Morgan fingerprint density at radius 2 is 2.10 bits per heavy atom. The highest BCUT2D eigenvalue weighted by Gasteiger charge is 2.12. The summed E-state index contributed by atoms with van der Waals surface area (Å²) in [6.45, 7) is 1.23. The highest BCUT2D eigenvalue weighted by atomic mass is 79.9. The topological polar surface area (TPSA) is 50.8 Å². The Hall–Kier alpha value is -1.27. The van der Waals surface area contributed by atoms with E-state index < -0.39 is 0 Å². The number of benzene rings is 1. The minimum absolute atomic E-state index is 0.106. The van der Waals surface area contributed by atoms with Gasteiger partial charge in [0, 0.05) is 27.1 Å². The number of carbonyl (C=O) groups is 1. The van der Waals surface area contributed by atoms with Gasteiger partial charge in [-0.25, -0.2) is 0 Å². The number of hydrogen-bond acceptors (Lipinski definition) is 4. The molecule has 118 valence electrons. The molecule has 0 spiro atoms. The summed E-state index contributed by atoms with van der Waals surface area (Å²) in [5.74, 6) is 1.47. The molecule has 0 aromatic heterocycles. The van der Waals surface area contributed by atoms with Gasteiger partial charge < -0.3 is 19.7 Å². The summed E-state index contributed by atoms with van der Waals surface area (Å²) in [5.41, 5.74) is 1.11. The van der Waals surface area contributed by atoms with Crippen LogP contribution in [0.5, 0.6) is 11.5 Å². The molecule has 0 saturated carbocycles. The Bertz CT molecular complexity index is 478. The van der Waals surface area contributed by atoms with E-state index in [1.54, 1.807) is 26.1 Å². The second-order valence-electron chi connectivity index (χ2n) is 4.88. The maximum absolute atomic E-state index is 11.5. The highest BCUT2D eigenvalue weighted by Crippen LogP contribution is 2.36. The van der Waals surface area contributed by atoms with Crippen molar-refractivity contribution in [3.63, 3.8) is 0 Å². The second kappa shape index (κ2) is 8.89. The zero-order chi connectivity index (χ0) is 15.8. The fourth-order valence-electron chi connectivity index (χ4n) is 1.84. The van der Waals surface area contributed by atoms with E-state index in [1.165, 1.54) is 0 Å². The largest absolute Gasteiger partial charge is 0.493 e. The summed E-state index contributed by atoms with van der Waals surface area (Å²) in [6.07, 6.45) is 1.15. The van der Waals surface area contributed by atoms with Crippen LogP contribution >= 0.6 is 15.9 Å². The molecule has 1 N–H and O–H groups in total. The summed E-state index contributed by atoms with van der Waals surface area (Å²) >= 11 is 3.51. The Kier molecular flexibility index (Phi) is 7.53. The maximum Gasteiger partial charge on any atom is 0.222 e. The van der Waals surface area contributed by atoms with Gasteiger partial charge >= 0.3 is 0 Å². The van der Waals surface area contributed by atoms with E-state index in [9.17, 15) is 4.79 Å². The number of methoxy groups -OCH3 is 1. The monoisotopic (exact) mass is 358 g/mol. The third kappa shape index (κ3) is 5.55. The number of ether oxygens (including phenoxy) is 2. The molecule has 1 aromatic carbocycles. The summed E-state index contributed by atoms with van der Waals surface area (Å²) in [5, 5.41) is 3.10. The molecule has 0 aliphatic carbocycles. The van der Waals surface area contributed by atoms with Crippen molar-refractivity contribution in [1.82, 2.24) is 10.2 Å². The van der Waals surface area contributed by atoms with Gasteiger partial charge in [-0.3, -0.25) is 4.79 Å². The fourth-order valence-corrected chi connectivity index (χ4v) is 2.44. The molecule has 0 unspecified atom stereocenters. The molecular weight excluding hydrogens is 336 g/mol. The summed E-state index contributed by atoms with van der Waals surface area (Å²) in [4.78, 5) is 13.1. The van der Waals surface area contributed by atoms with Crippen molar-refractivity contribution < 1.29 is 14.3 Å². The molecule has 1 rings (SSSR count). The lowest BCUT2D eigenvalue weighted by atomic mass is 10.2. The van der Waals surface area contributed by atoms with Crippen molar-refractivity contribution in [2.45, 2.75) is 19.4 Å². The lowest BCUT2D eigenvalue weighted by molar-refractivity contribution is -0.128. The molecule has 0 saturated heterocycles. The number of carbonyl (C=O) groups excluding carboxylic acids is 1. The average Bonchev–Trinajstić information content (AvgIpc) is 2.44. The molecule has 0 heterocycles. The van der Waals surface area contributed by atoms with Crippen molar-refractivity contribution in [3.05, 3.63) is 22.2 Å². The molecule has 1 aromatic rings. The first kappa shape index (κ1) is 17.8. The van der Waals surface area contributed by atoms with E-state index in [0.29, 0.717) is 30.9 Å². The first-order valence-electron chi connectivity index (χ1n) is 6.83. The van der Waals surface area contributed by atoms with Gasteiger partial charge in [0.25, 0.3) is 0 Å². The van der Waals surface area contributed by atoms with Crippen molar-refractivity contribution in [3.8, 4) is 11.5 Å². The summed E-state index contributed by atoms with van der Waals surface area (Å²) < 4.78 is 12.0. The van der Waals surface area contributed by atoms with Crippen LogP contribution in [0.25, 0.3) is 0 Å². The van der Waals surface area contributed by atoms with Crippen LogP contribution in [-0.4, -0.2) is 45.7 Å². The molecule has 6 heteroatoms. The zero-order valence-corrected chi connectivity index (χ0v) is 14.6. The van der Waals surface area contributed by atoms with Gasteiger partial charge in [-0.1, -0.05) is 0 Å². The van der Waals surface area contributed by atoms with Crippen LogP contribution in [0.1, 0.15) is 18.4 Å². The van der Waals surface area contributed by atoms with Crippen molar-refractivity contribution in [2.75, 3.05) is 34.9 Å². The third-order valence-corrected chi connectivity index (χ3v) is 3.54. The number of rotatable bonds is 8. The molecule has 5 nitrogen and oxygen atoms in total. The van der Waals surface area contributed by atoms with Gasteiger partial charge in [0.15, 0.2) is 11.5 Å². The van der Waals surface area contributed by atoms with Crippen LogP contribution in [0.15, 0.2) is 16.6 Å². The van der Waals surface area contributed by atoms with Crippen molar-refractivity contribution in [1.29, 1.82) is 0 Å². The number of amides is 1. The van der Waals surface area contributed by atoms with Crippen LogP contribution in [0.3, 0.4) is 0 Å². The average molecular weight is 359 g/mol. The minimum atomic E-state index is 0.106. The smallest absolute Gasteiger partial charge is 0.222 e. The first-order valence-corrected chi connectivity index (χ1v) is 7.62.